The average molecular weight is 289 g/mol. The zero-order valence-corrected chi connectivity index (χ0v) is 11.5. The summed E-state index contributed by atoms with van der Waals surface area (Å²) >= 11 is 0. The van der Waals surface area contributed by atoms with Crippen molar-refractivity contribution >= 4 is 17.8 Å². The number of nitrogens with two attached hydrogens (primary N) is 1. The summed E-state index contributed by atoms with van der Waals surface area (Å²) in [6.45, 7) is 2.89. The molecule has 1 saturated heterocycles. The number of carbonyl (C=O) groups is 1. The minimum atomic E-state index is -0.0414. The fourth-order valence-corrected chi connectivity index (χ4v) is 2.27. The molecule has 110 valence electrons. The predicted molar refractivity (Wildman–Crippen MR) is 73.6 cm³/mol. The molecule has 10 nitrogen and oxygen atoms in total. The summed E-state index contributed by atoms with van der Waals surface area (Å²) in [5.74, 6) is 0.868. The Morgan fingerprint density at radius 1 is 1.38 bits per heavy atom. The van der Waals surface area contributed by atoms with E-state index in [0.29, 0.717) is 18.4 Å². The standard InChI is InChI=1S/C11H15N9O/c1-7(21)15-8-2-3-19(4-8)10-16-9(12)17-11(18-10)20-6-13-5-14-20/h5-6,8H,2-4H2,1H3,(H,15,21)(H2,12,16,17,18). The summed E-state index contributed by atoms with van der Waals surface area (Å²) in [6, 6.07) is 0.0929. The molecule has 1 unspecified atom stereocenters. The van der Waals surface area contributed by atoms with Crippen molar-refractivity contribution in [2.24, 2.45) is 0 Å². The lowest BCUT2D eigenvalue weighted by Gasteiger charge is -2.17. The number of nitrogens with one attached hydrogen (secondary N) is 1. The molecule has 2 aromatic heterocycles. The Kier molecular flexibility index (Phi) is 3.34. The molecule has 0 aromatic carbocycles. The highest BCUT2D eigenvalue weighted by Gasteiger charge is 2.25. The number of hydrogen-bond donors (Lipinski definition) is 2. The lowest BCUT2D eigenvalue weighted by Crippen LogP contribution is -2.36. The summed E-state index contributed by atoms with van der Waals surface area (Å²) in [6.07, 6.45) is 3.72. The van der Waals surface area contributed by atoms with Crippen molar-refractivity contribution in [1.82, 2.24) is 35.0 Å². The van der Waals surface area contributed by atoms with Gasteiger partial charge in [-0.25, -0.2) is 4.98 Å². The first-order valence-corrected chi connectivity index (χ1v) is 6.50. The van der Waals surface area contributed by atoms with E-state index < -0.39 is 0 Å². The molecule has 0 spiro atoms. The quantitative estimate of drug-likeness (QED) is 0.717. The zero-order valence-electron chi connectivity index (χ0n) is 11.5. The van der Waals surface area contributed by atoms with Gasteiger partial charge in [0.2, 0.25) is 17.8 Å². The second-order valence-corrected chi connectivity index (χ2v) is 4.77. The van der Waals surface area contributed by atoms with E-state index in [1.807, 2.05) is 4.90 Å². The average Bonchev–Trinajstić information content (AvgIpc) is 3.08. The number of rotatable bonds is 3. The van der Waals surface area contributed by atoms with Crippen molar-refractivity contribution in [3.05, 3.63) is 12.7 Å². The van der Waals surface area contributed by atoms with Gasteiger partial charge in [-0.3, -0.25) is 4.79 Å². The van der Waals surface area contributed by atoms with Gasteiger partial charge in [-0.1, -0.05) is 0 Å². The van der Waals surface area contributed by atoms with Gasteiger partial charge >= 0.3 is 0 Å². The van der Waals surface area contributed by atoms with Crippen LogP contribution < -0.4 is 16.0 Å². The molecule has 1 atom stereocenters. The van der Waals surface area contributed by atoms with Gasteiger partial charge in [0.15, 0.2) is 0 Å². The Balaban J connectivity index is 1.81. The number of nitrogen functional groups attached to an aromatic ring is 1. The maximum absolute atomic E-state index is 11.1. The summed E-state index contributed by atoms with van der Waals surface area (Å²) < 4.78 is 1.42. The first-order valence-electron chi connectivity index (χ1n) is 6.50. The highest BCUT2D eigenvalue weighted by Crippen LogP contribution is 2.17. The van der Waals surface area contributed by atoms with Gasteiger partial charge in [0.1, 0.15) is 12.7 Å². The van der Waals surface area contributed by atoms with Crippen LogP contribution in [0.2, 0.25) is 0 Å². The smallest absolute Gasteiger partial charge is 0.258 e. The first kappa shape index (κ1) is 13.2. The molecule has 21 heavy (non-hydrogen) atoms. The van der Waals surface area contributed by atoms with Gasteiger partial charge in [0.25, 0.3) is 5.95 Å². The Labute approximate surface area is 120 Å². The Bertz CT molecular complexity index is 641. The van der Waals surface area contributed by atoms with E-state index in [2.05, 4.69) is 30.4 Å². The molecule has 1 aliphatic heterocycles. The van der Waals surface area contributed by atoms with Crippen LogP contribution in [-0.4, -0.2) is 54.8 Å². The van der Waals surface area contributed by atoms with Gasteiger partial charge in [0.05, 0.1) is 0 Å². The molecular weight excluding hydrogens is 274 g/mol. The lowest BCUT2D eigenvalue weighted by atomic mass is 10.3. The second kappa shape index (κ2) is 5.31. The third-order valence-electron chi connectivity index (χ3n) is 3.13. The maximum Gasteiger partial charge on any atom is 0.258 e. The van der Waals surface area contributed by atoms with Crippen LogP contribution in [0.3, 0.4) is 0 Å². The number of nitrogens with zero attached hydrogens (tertiary/aromatic N) is 7. The molecule has 1 aliphatic rings. The van der Waals surface area contributed by atoms with E-state index in [-0.39, 0.29) is 17.9 Å². The first-order chi connectivity index (χ1) is 10.1. The topological polar surface area (TPSA) is 128 Å². The minimum Gasteiger partial charge on any atom is -0.368 e. The van der Waals surface area contributed by atoms with Crippen LogP contribution in [-0.2, 0) is 4.79 Å². The fourth-order valence-electron chi connectivity index (χ4n) is 2.27. The molecule has 2 aromatic rings. The van der Waals surface area contributed by atoms with E-state index in [9.17, 15) is 4.79 Å². The molecule has 10 heteroatoms. The van der Waals surface area contributed by atoms with Crippen LogP contribution in [0.5, 0.6) is 0 Å². The van der Waals surface area contributed by atoms with Crippen LogP contribution in [0.1, 0.15) is 13.3 Å². The van der Waals surface area contributed by atoms with E-state index in [0.717, 1.165) is 13.0 Å². The van der Waals surface area contributed by atoms with Gasteiger partial charge in [-0.2, -0.15) is 24.7 Å². The molecule has 0 aliphatic carbocycles. The number of hydrogen-bond acceptors (Lipinski definition) is 8. The molecule has 1 amide bonds. The van der Waals surface area contributed by atoms with Crippen LogP contribution in [0.15, 0.2) is 12.7 Å². The Hall–Kier alpha value is -2.78. The number of anilines is 2. The number of carbonyl (C=O) groups excluding carboxylic acids is 1. The second-order valence-electron chi connectivity index (χ2n) is 4.77. The predicted octanol–water partition coefficient (Wildman–Crippen LogP) is -1.25. The van der Waals surface area contributed by atoms with Crippen molar-refractivity contribution in [1.29, 1.82) is 0 Å². The van der Waals surface area contributed by atoms with Crippen molar-refractivity contribution in [3.63, 3.8) is 0 Å². The molecule has 0 bridgehead atoms. The molecule has 0 radical (unpaired) electrons. The molecule has 1 fully saturated rings. The summed E-state index contributed by atoms with van der Waals surface area (Å²) in [5, 5.41) is 6.86. The van der Waals surface area contributed by atoms with E-state index >= 15 is 0 Å². The van der Waals surface area contributed by atoms with E-state index in [1.54, 1.807) is 0 Å². The molecule has 0 saturated carbocycles. The van der Waals surface area contributed by atoms with Crippen molar-refractivity contribution in [3.8, 4) is 5.95 Å². The van der Waals surface area contributed by atoms with E-state index in [1.165, 1.54) is 24.3 Å². The van der Waals surface area contributed by atoms with Crippen molar-refractivity contribution < 1.29 is 4.79 Å². The fraction of sp³-hybridized carbons (Fsp3) is 0.455. The number of aromatic nitrogens is 6. The van der Waals surface area contributed by atoms with Crippen LogP contribution in [0.4, 0.5) is 11.9 Å². The van der Waals surface area contributed by atoms with Gasteiger partial charge in [-0.05, 0) is 6.42 Å². The Morgan fingerprint density at radius 2 is 2.19 bits per heavy atom. The SMILES string of the molecule is CC(=O)NC1CCN(c2nc(N)nc(-n3cncn3)n2)C1. The van der Waals surface area contributed by atoms with Gasteiger partial charge in [0, 0.05) is 26.1 Å². The van der Waals surface area contributed by atoms with Crippen LogP contribution in [0, 0.1) is 0 Å². The van der Waals surface area contributed by atoms with Crippen LogP contribution in [0.25, 0.3) is 5.95 Å². The molecule has 3 heterocycles. The highest BCUT2D eigenvalue weighted by molar-refractivity contribution is 5.73. The third kappa shape index (κ3) is 2.88. The number of amides is 1. The maximum atomic E-state index is 11.1. The van der Waals surface area contributed by atoms with Crippen molar-refractivity contribution in [2.45, 2.75) is 19.4 Å². The van der Waals surface area contributed by atoms with Crippen LogP contribution >= 0.6 is 0 Å². The summed E-state index contributed by atoms with van der Waals surface area (Å²) in [5.41, 5.74) is 5.73. The Morgan fingerprint density at radius 3 is 2.90 bits per heavy atom. The van der Waals surface area contributed by atoms with Gasteiger partial charge in [-0.15, -0.1) is 0 Å². The third-order valence-corrected chi connectivity index (χ3v) is 3.13. The van der Waals surface area contributed by atoms with Crippen molar-refractivity contribution in [2.75, 3.05) is 23.7 Å². The summed E-state index contributed by atoms with van der Waals surface area (Å²) in [4.78, 5) is 29.4. The molecule has 3 rings (SSSR count). The normalized spacial score (nSPS) is 18.0. The summed E-state index contributed by atoms with van der Waals surface area (Å²) in [7, 11) is 0. The van der Waals surface area contributed by atoms with E-state index in [4.69, 9.17) is 5.73 Å². The largest absolute Gasteiger partial charge is 0.368 e. The monoisotopic (exact) mass is 289 g/mol. The minimum absolute atomic E-state index is 0.0414. The highest BCUT2D eigenvalue weighted by atomic mass is 16.1. The lowest BCUT2D eigenvalue weighted by molar-refractivity contribution is -0.119. The zero-order chi connectivity index (χ0) is 14.8. The van der Waals surface area contributed by atoms with Gasteiger partial charge < -0.3 is 16.0 Å². The molecular formula is C11H15N9O. The molecule has 3 N–H and O–H groups in total.